The topological polar surface area (TPSA) is 66.8 Å². The minimum atomic E-state index is -0.915. The van der Waals surface area contributed by atoms with Crippen molar-refractivity contribution in [3.05, 3.63) is 0 Å². The molecule has 0 aliphatic carbocycles. The molecule has 0 bridgehead atoms. The Kier molecular flexibility index (Phi) is 13.8. The molecular formula is C4H11O4P. The molecule has 2 N–H and O–H groups in total. The van der Waals surface area contributed by atoms with Crippen LogP contribution in [0.2, 0.25) is 0 Å². The van der Waals surface area contributed by atoms with Gasteiger partial charge in [0.25, 0.3) is 0 Å². The van der Waals surface area contributed by atoms with Crippen LogP contribution in [-0.4, -0.2) is 29.2 Å². The van der Waals surface area contributed by atoms with E-state index in [-0.39, 0.29) is 6.61 Å². The van der Waals surface area contributed by atoms with Gasteiger partial charge in [0.05, 0.1) is 0 Å². The van der Waals surface area contributed by atoms with E-state index >= 15 is 0 Å². The number of hydrogen-bond acceptors (Lipinski definition) is 3. The summed E-state index contributed by atoms with van der Waals surface area (Å²) in [6, 6.07) is 0. The molecule has 5 heteroatoms. The fraction of sp³-hybridized carbons (Fsp3) is 0.750. The van der Waals surface area contributed by atoms with Gasteiger partial charge in [-0.1, -0.05) is 0 Å². The van der Waals surface area contributed by atoms with Crippen LogP contribution in [-0.2, 0) is 9.53 Å². The molecule has 0 aromatic rings. The summed E-state index contributed by atoms with van der Waals surface area (Å²) in [4.78, 5) is 16.5. The minimum Gasteiger partial charge on any atom is -0.480 e. The molecule has 0 aliphatic rings. The molecule has 56 valence electrons. The zero-order valence-corrected chi connectivity index (χ0v) is 6.36. The predicted octanol–water partition coefficient (Wildman–Crippen LogP) is -0.124. The maximum Gasteiger partial charge on any atom is 0.329 e. The molecule has 0 heterocycles. The molecule has 0 aliphatic heterocycles. The molecule has 0 rings (SSSR count). The van der Waals surface area contributed by atoms with Crippen LogP contribution >= 0.6 is 9.47 Å². The van der Waals surface area contributed by atoms with Gasteiger partial charge >= 0.3 is 5.97 Å². The number of carboxylic acid groups (broad SMARTS) is 1. The van der Waals surface area contributed by atoms with Gasteiger partial charge in [0.15, 0.2) is 0 Å². The quantitative estimate of drug-likeness (QED) is 0.556. The highest BCUT2D eigenvalue weighted by atomic mass is 31.0. The highest BCUT2D eigenvalue weighted by Gasteiger charge is 1.90. The van der Waals surface area contributed by atoms with E-state index in [9.17, 15) is 4.79 Å². The maximum atomic E-state index is 9.63. The van der Waals surface area contributed by atoms with Gasteiger partial charge < -0.3 is 14.7 Å². The highest BCUT2D eigenvalue weighted by molar-refractivity contribution is 7.08. The van der Waals surface area contributed by atoms with E-state index in [0.29, 0.717) is 6.61 Å². The highest BCUT2D eigenvalue weighted by Crippen LogP contribution is 1.69. The molecule has 0 spiro atoms. The van der Waals surface area contributed by atoms with Crippen LogP contribution in [0.1, 0.15) is 6.92 Å². The third kappa shape index (κ3) is 18.2. The number of carboxylic acids is 1. The molecule has 0 fully saturated rings. The van der Waals surface area contributed by atoms with Crippen molar-refractivity contribution >= 4 is 15.4 Å². The lowest BCUT2D eigenvalue weighted by Gasteiger charge is -1.90. The Morgan fingerprint density at radius 3 is 2.22 bits per heavy atom. The Hall–Kier alpha value is -0.180. The van der Waals surface area contributed by atoms with Crippen LogP contribution in [0.5, 0.6) is 0 Å². The maximum absolute atomic E-state index is 9.63. The van der Waals surface area contributed by atoms with Crippen molar-refractivity contribution in [3.63, 3.8) is 0 Å². The lowest BCUT2D eigenvalue weighted by molar-refractivity contribution is -0.142. The molecule has 0 radical (unpaired) electrons. The third-order valence-electron chi connectivity index (χ3n) is 0.430. The van der Waals surface area contributed by atoms with E-state index in [1.165, 1.54) is 9.47 Å². The van der Waals surface area contributed by atoms with Crippen molar-refractivity contribution in [2.24, 2.45) is 0 Å². The number of rotatable bonds is 3. The van der Waals surface area contributed by atoms with E-state index < -0.39 is 5.97 Å². The first-order valence-corrected chi connectivity index (χ1v) is 2.84. The second-order valence-electron chi connectivity index (χ2n) is 1.03. The van der Waals surface area contributed by atoms with Gasteiger partial charge in [0.2, 0.25) is 0 Å². The number of ether oxygens (including phenoxy) is 1. The third-order valence-corrected chi connectivity index (χ3v) is 0.430. The van der Waals surface area contributed by atoms with Crippen LogP contribution in [0.4, 0.5) is 0 Å². The average molecular weight is 154 g/mol. The smallest absolute Gasteiger partial charge is 0.329 e. The molecule has 1 atom stereocenters. The largest absolute Gasteiger partial charge is 0.480 e. The Morgan fingerprint density at radius 1 is 1.67 bits per heavy atom. The summed E-state index contributed by atoms with van der Waals surface area (Å²) in [5, 5.41) is 7.92. The zero-order valence-electron chi connectivity index (χ0n) is 5.20. The van der Waals surface area contributed by atoms with Gasteiger partial charge in [-0.2, -0.15) is 0 Å². The monoisotopic (exact) mass is 154 g/mol. The molecular weight excluding hydrogens is 143 g/mol. The van der Waals surface area contributed by atoms with E-state index in [1.54, 1.807) is 6.92 Å². The molecule has 0 aromatic carbocycles. The number of hydrogen-bond donors (Lipinski definition) is 2. The second-order valence-corrected chi connectivity index (χ2v) is 1.03. The van der Waals surface area contributed by atoms with Crippen LogP contribution in [0.25, 0.3) is 0 Å². The van der Waals surface area contributed by atoms with Gasteiger partial charge in [0, 0.05) is 6.61 Å². The first-order valence-electron chi connectivity index (χ1n) is 2.32. The zero-order chi connectivity index (χ0) is 7.70. The van der Waals surface area contributed by atoms with Crippen LogP contribution in [0.3, 0.4) is 0 Å². The van der Waals surface area contributed by atoms with E-state index in [0.717, 1.165) is 0 Å². The van der Waals surface area contributed by atoms with Crippen LogP contribution in [0, 0.1) is 0 Å². The molecule has 4 nitrogen and oxygen atoms in total. The normalized spacial score (nSPS) is 7.44. The van der Waals surface area contributed by atoms with Gasteiger partial charge in [-0.3, -0.25) is 0 Å². The lowest BCUT2D eigenvalue weighted by Crippen LogP contribution is -2.05. The molecule has 0 saturated heterocycles. The van der Waals surface area contributed by atoms with Crippen molar-refractivity contribution < 1.29 is 19.5 Å². The summed E-state index contributed by atoms with van der Waals surface area (Å²) in [7, 11) is 1.42. The van der Waals surface area contributed by atoms with Crippen molar-refractivity contribution in [1.29, 1.82) is 0 Å². The first-order chi connectivity index (χ1) is 4.27. The van der Waals surface area contributed by atoms with Crippen molar-refractivity contribution in [1.82, 2.24) is 0 Å². The fourth-order valence-electron chi connectivity index (χ4n) is 0.189. The molecule has 0 amide bonds. The average Bonchev–Trinajstić information content (AvgIpc) is 1.88. The summed E-state index contributed by atoms with van der Waals surface area (Å²) < 4.78 is 4.50. The number of carbonyl (C=O) groups is 1. The Balaban J connectivity index is 0. The van der Waals surface area contributed by atoms with Gasteiger partial charge in [0.1, 0.15) is 6.61 Å². The second kappa shape index (κ2) is 10.7. The summed E-state index contributed by atoms with van der Waals surface area (Å²) in [6.07, 6.45) is 0. The van der Waals surface area contributed by atoms with E-state index in [2.05, 4.69) is 4.74 Å². The Morgan fingerprint density at radius 2 is 2.11 bits per heavy atom. The molecule has 0 saturated carbocycles. The summed E-state index contributed by atoms with van der Waals surface area (Å²) in [6.45, 7) is 2.03. The van der Waals surface area contributed by atoms with Crippen molar-refractivity contribution in [2.75, 3.05) is 13.2 Å². The SMILES string of the molecule is CCOCC(=O)O.OP. The summed E-state index contributed by atoms with van der Waals surface area (Å²) >= 11 is 0. The molecule has 1 unspecified atom stereocenters. The van der Waals surface area contributed by atoms with Gasteiger partial charge in [-0.05, 0) is 16.4 Å². The van der Waals surface area contributed by atoms with E-state index in [1.807, 2.05) is 0 Å². The predicted molar refractivity (Wildman–Crippen MR) is 36.1 cm³/mol. The Bertz CT molecular complexity index is 65.6. The fourth-order valence-corrected chi connectivity index (χ4v) is 0.189. The molecule has 9 heavy (non-hydrogen) atoms. The first kappa shape index (κ1) is 11.6. The summed E-state index contributed by atoms with van der Waals surface area (Å²) in [5.41, 5.74) is 0. The minimum absolute atomic E-state index is 0.184. The molecule has 0 aromatic heterocycles. The Labute approximate surface area is 56.1 Å². The standard InChI is InChI=1S/C4H8O3.H3OP/c1-2-7-3-4(5)6;1-2/h2-3H2,1H3,(H,5,6);1H,2H2. The van der Waals surface area contributed by atoms with Gasteiger partial charge in [-0.15, -0.1) is 0 Å². The van der Waals surface area contributed by atoms with Crippen LogP contribution < -0.4 is 0 Å². The van der Waals surface area contributed by atoms with Crippen molar-refractivity contribution in [3.8, 4) is 0 Å². The summed E-state index contributed by atoms with van der Waals surface area (Å²) in [5.74, 6) is -0.915. The lowest BCUT2D eigenvalue weighted by atomic mass is 10.7. The number of aliphatic carboxylic acids is 1. The van der Waals surface area contributed by atoms with E-state index in [4.69, 9.17) is 10.00 Å². The van der Waals surface area contributed by atoms with Crippen molar-refractivity contribution in [2.45, 2.75) is 6.92 Å². The van der Waals surface area contributed by atoms with Crippen LogP contribution in [0.15, 0.2) is 0 Å². The van der Waals surface area contributed by atoms with Gasteiger partial charge in [-0.25, -0.2) is 4.79 Å².